The smallest absolute Gasteiger partial charge is 0.321 e. The molecule has 1 aliphatic rings. The molecule has 9 nitrogen and oxygen atoms in total. The molecule has 3 heterocycles. The predicted molar refractivity (Wildman–Crippen MR) is 123 cm³/mol. The van der Waals surface area contributed by atoms with Gasteiger partial charge in [-0.1, -0.05) is 18.2 Å². The van der Waals surface area contributed by atoms with Gasteiger partial charge >= 0.3 is 6.01 Å². The van der Waals surface area contributed by atoms with E-state index in [-0.39, 0.29) is 11.9 Å². The van der Waals surface area contributed by atoms with Crippen molar-refractivity contribution in [2.45, 2.75) is 6.54 Å². The molecule has 1 amide bonds. The van der Waals surface area contributed by atoms with Crippen LogP contribution in [0.2, 0.25) is 0 Å². The summed E-state index contributed by atoms with van der Waals surface area (Å²) in [6.07, 6.45) is 5.08. The van der Waals surface area contributed by atoms with Gasteiger partial charge in [-0.2, -0.15) is 5.10 Å². The van der Waals surface area contributed by atoms with Crippen molar-refractivity contribution in [3.63, 3.8) is 0 Å². The Morgan fingerprint density at radius 1 is 1.00 bits per heavy atom. The molecule has 5 rings (SSSR count). The number of aliphatic hydroxyl groups excluding tert-OH is 1. The first-order valence-corrected chi connectivity index (χ1v) is 10.8. The fraction of sp³-hybridized carbons (Fsp3) is 0.250. The summed E-state index contributed by atoms with van der Waals surface area (Å²) < 4.78 is 5.84. The number of aromatic amines is 1. The number of hydrogen-bond acceptors (Lipinski definition) is 7. The molecule has 4 aromatic rings. The minimum atomic E-state index is -0.418. The summed E-state index contributed by atoms with van der Waals surface area (Å²) in [6.45, 7) is 3.31. The molecule has 0 spiro atoms. The molecule has 1 saturated heterocycles. The van der Waals surface area contributed by atoms with Crippen molar-refractivity contribution in [2.24, 2.45) is 0 Å². The molecule has 0 bridgehead atoms. The molecule has 1 aliphatic heterocycles. The van der Waals surface area contributed by atoms with Crippen molar-refractivity contribution in [3.8, 4) is 23.0 Å². The molecule has 168 valence electrons. The number of aromatic nitrogens is 4. The lowest BCUT2D eigenvalue weighted by Crippen LogP contribution is -2.49. The molecule has 0 aliphatic carbocycles. The van der Waals surface area contributed by atoms with Gasteiger partial charge in [0.25, 0.3) is 0 Å². The second kappa shape index (κ2) is 9.35. The van der Waals surface area contributed by atoms with Crippen LogP contribution in [0.15, 0.2) is 61.1 Å². The zero-order valence-corrected chi connectivity index (χ0v) is 18.0. The van der Waals surface area contributed by atoms with Crippen molar-refractivity contribution in [1.82, 2.24) is 30.0 Å². The molecule has 2 aromatic heterocycles. The fourth-order valence-electron chi connectivity index (χ4n) is 3.98. The van der Waals surface area contributed by atoms with Gasteiger partial charge in [0, 0.05) is 56.9 Å². The molecule has 0 unspecified atom stereocenters. The lowest BCUT2D eigenvalue weighted by atomic mass is 10.1. The largest absolute Gasteiger partial charge is 0.424 e. The lowest BCUT2D eigenvalue weighted by Gasteiger charge is -2.34. The topological polar surface area (TPSA) is 107 Å². The van der Waals surface area contributed by atoms with Crippen LogP contribution in [0.4, 0.5) is 0 Å². The number of ether oxygens (including phenoxy) is 1. The number of rotatable bonds is 6. The summed E-state index contributed by atoms with van der Waals surface area (Å²) in [5.41, 5.74) is 2.91. The highest BCUT2D eigenvalue weighted by atomic mass is 16.5. The maximum Gasteiger partial charge on any atom is 0.321 e. The summed E-state index contributed by atoms with van der Waals surface area (Å²) in [6, 6.07) is 14.5. The Morgan fingerprint density at radius 2 is 1.76 bits per heavy atom. The van der Waals surface area contributed by atoms with Gasteiger partial charge in [-0.05, 0) is 40.6 Å². The second-order valence-electron chi connectivity index (χ2n) is 7.99. The molecule has 0 radical (unpaired) electrons. The minimum absolute atomic E-state index is 0.197. The number of nitrogens with zero attached hydrogens (tertiary/aromatic N) is 5. The molecule has 0 saturated carbocycles. The van der Waals surface area contributed by atoms with Crippen LogP contribution < -0.4 is 4.74 Å². The number of H-pyrrole nitrogens is 1. The lowest BCUT2D eigenvalue weighted by molar-refractivity contribution is -0.135. The van der Waals surface area contributed by atoms with Crippen molar-refractivity contribution >= 4 is 16.7 Å². The minimum Gasteiger partial charge on any atom is -0.424 e. The first kappa shape index (κ1) is 21.0. The molecular weight excluding hydrogens is 420 g/mol. The molecular formula is C24H24N6O3. The van der Waals surface area contributed by atoms with Crippen LogP contribution in [-0.4, -0.2) is 73.8 Å². The maximum atomic E-state index is 11.6. The first-order valence-electron chi connectivity index (χ1n) is 10.8. The monoisotopic (exact) mass is 444 g/mol. The van der Waals surface area contributed by atoms with E-state index in [1.165, 1.54) is 5.56 Å². The Hall–Kier alpha value is -3.82. The van der Waals surface area contributed by atoms with Crippen LogP contribution in [0.5, 0.6) is 11.8 Å². The van der Waals surface area contributed by atoms with Gasteiger partial charge in [-0.15, -0.1) is 0 Å². The van der Waals surface area contributed by atoms with E-state index in [9.17, 15) is 4.79 Å². The van der Waals surface area contributed by atoms with E-state index in [1.54, 1.807) is 23.5 Å². The zero-order chi connectivity index (χ0) is 22.6. The molecule has 33 heavy (non-hydrogen) atoms. The third-order valence-corrected chi connectivity index (χ3v) is 5.79. The van der Waals surface area contributed by atoms with Gasteiger partial charge < -0.3 is 14.7 Å². The third kappa shape index (κ3) is 4.84. The molecule has 2 aromatic carbocycles. The summed E-state index contributed by atoms with van der Waals surface area (Å²) in [4.78, 5) is 24.2. The van der Waals surface area contributed by atoms with Gasteiger partial charge in [-0.3, -0.25) is 14.8 Å². The number of piperazine rings is 1. The average molecular weight is 444 g/mol. The normalized spacial score (nSPS) is 14.5. The van der Waals surface area contributed by atoms with Crippen LogP contribution >= 0.6 is 0 Å². The number of amides is 1. The highest BCUT2D eigenvalue weighted by molar-refractivity contribution is 5.84. The highest BCUT2D eigenvalue weighted by Crippen LogP contribution is 2.26. The second-order valence-corrected chi connectivity index (χ2v) is 7.99. The number of nitrogens with one attached hydrogen (secondary N) is 1. The third-order valence-electron chi connectivity index (χ3n) is 5.79. The highest BCUT2D eigenvalue weighted by Gasteiger charge is 2.20. The van der Waals surface area contributed by atoms with Gasteiger partial charge in [-0.25, -0.2) is 9.97 Å². The van der Waals surface area contributed by atoms with Gasteiger partial charge in [0.1, 0.15) is 12.4 Å². The Bertz CT molecular complexity index is 1240. The van der Waals surface area contributed by atoms with Crippen molar-refractivity contribution in [3.05, 3.63) is 66.6 Å². The van der Waals surface area contributed by atoms with Crippen LogP contribution in [0, 0.1) is 0 Å². The summed E-state index contributed by atoms with van der Waals surface area (Å²) in [5, 5.41) is 18.0. The maximum absolute atomic E-state index is 11.6. The van der Waals surface area contributed by atoms with Gasteiger partial charge in [0.05, 0.1) is 5.69 Å². The zero-order valence-electron chi connectivity index (χ0n) is 18.0. The van der Waals surface area contributed by atoms with E-state index in [0.717, 1.165) is 41.7 Å². The van der Waals surface area contributed by atoms with Crippen LogP contribution in [0.1, 0.15) is 5.56 Å². The first-order chi connectivity index (χ1) is 16.2. The van der Waals surface area contributed by atoms with E-state index in [2.05, 4.69) is 43.3 Å². The van der Waals surface area contributed by atoms with E-state index in [4.69, 9.17) is 9.84 Å². The van der Waals surface area contributed by atoms with Crippen LogP contribution in [-0.2, 0) is 11.3 Å². The average Bonchev–Trinajstić information content (AvgIpc) is 3.40. The van der Waals surface area contributed by atoms with E-state index < -0.39 is 6.61 Å². The predicted octanol–water partition coefficient (Wildman–Crippen LogP) is 2.45. The Kier molecular flexibility index (Phi) is 5.97. The fourth-order valence-corrected chi connectivity index (χ4v) is 3.98. The number of aliphatic hydroxyl groups is 1. The number of benzene rings is 2. The van der Waals surface area contributed by atoms with Gasteiger partial charge in [0.2, 0.25) is 5.91 Å². The summed E-state index contributed by atoms with van der Waals surface area (Å²) >= 11 is 0. The van der Waals surface area contributed by atoms with E-state index >= 15 is 0 Å². The van der Waals surface area contributed by atoms with Crippen molar-refractivity contribution < 1.29 is 14.6 Å². The number of hydrogen-bond donors (Lipinski definition) is 2. The van der Waals surface area contributed by atoms with Crippen LogP contribution in [0.25, 0.3) is 22.0 Å². The van der Waals surface area contributed by atoms with Gasteiger partial charge in [0.15, 0.2) is 0 Å². The van der Waals surface area contributed by atoms with Crippen molar-refractivity contribution in [2.75, 3.05) is 32.8 Å². The van der Waals surface area contributed by atoms with Crippen LogP contribution in [0.3, 0.4) is 0 Å². The number of carbonyl (C=O) groups excluding carboxylic acids is 1. The SMILES string of the molecule is O=C(CO)N1CCN(Cc2ccc3cc(Oc4ncc(-c5ccn[nH]5)cn4)ccc3c2)CC1. The number of fused-ring (bicyclic) bond motifs is 1. The summed E-state index contributed by atoms with van der Waals surface area (Å²) in [5.74, 6) is 0.478. The Labute approximate surface area is 190 Å². The van der Waals surface area contributed by atoms with E-state index in [1.807, 2.05) is 24.3 Å². The standard InChI is InChI=1S/C24H24N6O3/c31-16-23(32)30-9-7-29(8-10-30)15-17-1-2-19-12-21(4-3-18(19)11-17)33-24-25-13-20(14-26-24)22-5-6-27-28-22/h1-6,11-14,31H,7-10,15-16H2,(H,27,28). The molecule has 2 N–H and O–H groups in total. The Balaban J connectivity index is 1.22. The number of carbonyl (C=O) groups is 1. The summed E-state index contributed by atoms with van der Waals surface area (Å²) in [7, 11) is 0. The molecule has 1 fully saturated rings. The van der Waals surface area contributed by atoms with Crippen molar-refractivity contribution in [1.29, 1.82) is 0 Å². The molecule has 0 atom stereocenters. The quantitative estimate of drug-likeness (QED) is 0.470. The molecule has 9 heteroatoms. The van der Waals surface area contributed by atoms with E-state index in [0.29, 0.717) is 18.8 Å². The Morgan fingerprint density at radius 3 is 2.48 bits per heavy atom.